The molecule has 2 nitrogen and oxygen atoms in total. The molecule has 0 saturated carbocycles. The maximum atomic E-state index is 11.3. The van der Waals surface area contributed by atoms with E-state index in [-0.39, 0.29) is 5.91 Å². The van der Waals surface area contributed by atoms with Crippen LogP contribution in [0, 0.1) is 5.92 Å². The highest BCUT2D eigenvalue weighted by Gasteiger charge is 2.13. The Kier molecular flexibility index (Phi) is 8.24. The van der Waals surface area contributed by atoms with Gasteiger partial charge < -0.3 is 5.32 Å². The summed E-state index contributed by atoms with van der Waals surface area (Å²) < 4.78 is 0.987. The van der Waals surface area contributed by atoms with E-state index in [1.54, 1.807) is 11.8 Å². The first kappa shape index (κ1) is 13.5. The Bertz CT molecular complexity index is 153. The first-order chi connectivity index (χ1) is 6.11. The molecule has 0 aliphatic heterocycles. The van der Waals surface area contributed by atoms with Crippen LogP contribution in [0.4, 0.5) is 0 Å². The van der Waals surface area contributed by atoms with Gasteiger partial charge in [-0.3, -0.25) is 4.79 Å². The normalized spacial score (nSPS) is 13.0. The molecule has 1 amide bonds. The lowest BCUT2D eigenvalue weighted by Gasteiger charge is -2.19. The highest BCUT2D eigenvalue weighted by Crippen LogP contribution is 2.05. The van der Waals surface area contributed by atoms with E-state index in [1.165, 1.54) is 0 Å². The van der Waals surface area contributed by atoms with Gasteiger partial charge in [0.2, 0.25) is 5.91 Å². The van der Waals surface area contributed by atoms with Crippen LogP contribution in [-0.2, 0) is 4.79 Å². The molecule has 0 rings (SSSR count). The van der Waals surface area contributed by atoms with Crippen LogP contribution in [0.15, 0.2) is 0 Å². The Labute approximate surface area is 98.8 Å². The monoisotopic (exact) mass is 315 g/mol. The number of rotatable bonds is 6. The molecule has 4 heteroatoms. The number of alkyl halides is 1. The van der Waals surface area contributed by atoms with Gasteiger partial charge in [-0.2, -0.15) is 11.8 Å². The van der Waals surface area contributed by atoms with Crippen molar-refractivity contribution >= 4 is 40.3 Å². The van der Waals surface area contributed by atoms with E-state index in [2.05, 4.69) is 41.8 Å². The maximum absolute atomic E-state index is 11.3. The molecule has 0 aromatic rings. The lowest BCUT2D eigenvalue weighted by atomic mass is 10.1. The van der Waals surface area contributed by atoms with Crippen molar-refractivity contribution in [3.05, 3.63) is 0 Å². The average molecular weight is 315 g/mol. The predicted molar refractivity (Wildman–Crippen MR) is 68.7 cm³/mol. The van der Waals surface area contributed by atoms with Crippen LogP contribution < -0.4 is 5.32 Å². The van der Waals surface area contributed by atoms with E-state index in [0.29, 0.717) is 18.4 Å². The van der Waals surface area contributed by atoms with Gasteiger partial charge in [0.15, 0.2) is 0 Å². The van der Waals surface area contributed by atoms with Gasteiger partial charge in [0, 0.05) is 22.6 Å². The van der Waals surface area contributed by atoms with Crippen LogP contribution in [-0.4, -0.2) is 28.4 Å². The molecule has 1 atom stereocenters. The summed E-state index contributed by atoms with van der Waals surface area (Å²) >= 11 is 4.03. The number of carbonyl (C=O) groups is 1. The fourth-order valence-corrected chi connectivity index (χ4v) is 2.48. The van der Waals surface area contributed by atoms with E-state index in [9.17, 15) is 4.79 Å². The quantitative estimate of drug-likeness (QED) is 0.602. The summed E-state index contributed by atoms with van der Waals surface area (Å²) in [6, 6.07) is 0.329. The van der Waals surface area contributed by atoms with Crippen molar-refractivity contribution in [2.45, 2.75) is 26.3 Å². The van der Waals surface area contributed by atoms with Crippen molar-refractivity contribution in [1.82, 2.24) is 5.32 Å². The topological polar surface area (TPSA) is 29.1 Å². The number of amides is 1. The molecule has 0 heterocycles. The first-order valence-electron chi connectivity index (χ1n) is 4.46. The second kappa shape index (κ2) is 7.91. The molecule has 0 aliphatic rings. The highest BCUT2D eigenvalue weighted by atomic mass is 127. The minimum atomic E-state index is 0.185. The van der Waals surface area contributed by atoms with E-state index in [4.69, 9.17) is 0 Å². The Morgan fingerprint density at radius 1 is 1.54 bits per heavy atom. The van der Waals surface area contributed by atoms with E-state index in [0.717, 1.165) is 10.2 Å². The molecule has 0 saturated heterocycles. The molecule has 0 radical (unpaired) electrons. The first-order valence-corrected chi connectivity index (χ1v) is 7.38. The smallest absolute Gasteiger partial charge is 0.221 e. The Balaban J connectivity index is 3.73. The van der Waals surface area contributed by atoms with E-state index >= 15 is 0 Å². The van der Waals surface area contributed by atoms with Crippen LogP contribution in [0.25, 0.3) is 0 Å². The van der Waals surface area contributed by atoms with Crippen molar-refractivity contribution in [3.8, 4) is 0 Å². The maximum Gasteiger partial charge on any atom is 0.221 e. The second-order valence-corrected chi connectivity index (χ2v) is 5.18. The molecule has 0 spiro atoms. The third-order valence-electron chi connectivity index (χ3n) is 1.85. The Morgan fingerprint density at radius 2 is 2.15 bits per heavy atom. The predicted octanol–water partition coefficient (Wildman–Crippen LogP) is 2.32. The summed E-state index contributed by atoms with van der Waals surface area (Å²) in [6.45, 7) is 4.27. The molecular formula is C9H18INOS. The van der Waals surface area contributed by atoms with Gasteiger partial charge in [0.1, 0.15) is 0 Å². The largest absolute Gasteiger partial charge is 0.352 e. The zero-order valence-electron chi connectivity index (χ0n) is 8.47. The Morgan fingerprint density at radius 3 is 2.54 bits per heavy atom. The zero-order chi connectivity index (χ0) is 10.3. The number of nitrogens with one attached hydrogen (secondary N) is 1. The van der Waals surface area contributed by atoms with Crippen LogP contribution >= 0.6 is 34.4 Å². The van der Waals surface area contributed by atoms with Crippen molar-refractivity contribution in [2.75, 3.05) is 16.4 Å². The van der Waals surface area contributed by atoms with Gasteiger partial charge in [0.25, 0.3) is 0 Å². The molecule has 0 aliphatic carbocycles. The second-order valence-electron chi connectivity index (χ2n) is 3.32. The Hall–Kier alpha value is 0.550. The van der Waals surface area contributed by atoms with Crippen LogP contribution in [0.5, 0.6) is 0 Å². The van der Waals surface area contributed by atoms with Crippen LogP contribution in [0.1, 0.15) is 20.3 Å². The van der Waals surface area contributed by atoms with Gasteiger partial charge >= 0.3 is 0 Å². The lowest BCUT2D eigenvalue weighted by Crippen LogP contribution is -2.39. The fourth-order valence-electron chi connectivity index (χ4n) is 0.857. The van der Waals surface area contributed by atoms with Gasteiger partial charge in [-0.1, -0.05) is 36.4 Å². The molecule has 1 unspecified atom stereocenters. The molecule has 78 valence electrons. The van der Waals surface area contributed by atoms with Crippen LogP contribution in [0.2, 0.25) is 0 Å². The summed E-state index contributed by atoms with van der Waals surface area (Å²) in [5.41, 5.74) is 0. The molecule has 1 N–H and O–H groups in total. The molecule has 13 heavy (non-hydrogen) atoms. The summed E-state index contributed by atoms with van der Waals surface area (Å²) in [7, 11) is 0. The SMILES string of the molecule is CSCCC(=O)NC(CI)C(C)C. The molecular weight excluding hydrogens is 297 g/mol. The molecule has 0 bridgehead atoms. The summed E-state index contributed by atoms with van der Waals surface area (Å²) in [4.78, 5) is 11.3. The highest BCUT2D eigenvalue weighted by molar-refractivity contribution is 14.1. The standard InChI is InChI=1S/C9H18INOS/c1-7(2)8(6-10)11-9(12)4-5-13-3/h7-8H,4-6H2,1-3H3,(H,11,12). The van der Waals surface area contributed by atoms with E-state index < -0.39 is 0 Å². The molecule has 0 aromatic heterocycles. The molecule has 0 fully saturated rings. The van der Waals surface area contributed by atoms with Crippen molar-refractivity contribution < 1.29 is 4.79 Å². The van der Waals surface area contributed by atoms with Crippen molar-refractivity contribution in [3.63, 3.8) is 0 Å². The van der Waals surface area contributed by atoms with E-state index in [1.807, 2.05) is 6.26 Å². The zero-order valence-corrected chi connectivity index (χ0v) is 11.4. The van der Waals surface area contributed by atoms with Gasteiger partial charge in [0.05, 0.1) is 0 Å². The van der Waals surface area contributed by atoms with Gasteiger partial charge in [-0.25, -0.2) is 0 Å². The van der Waals surface area contributed by atoms with Gasteiger partial charge in [-0.15, -0.1) is 0 Å². The third kappa shape index (κ3) is 6.60. The lowest BCUT2D eigenvalue weighted by molar-refractivity contribution is -0.121. The van der Waals surface area contributed by atoms with Crippen molar-refractivity contribution in [1.29, 1.82) is 0 Å². The van der Waals surface area contributed by atoms with Crippen molar-refractivity contribution in [2.24, 2.45) is 5.92 Å². The minimum Gasteiger partial charge on any atom is -0.352 e. The van der Waals surface area contributed by atoms with Gasteiger partial charge in [-0.05, 0) is 12.2 Å². The summed E-state index contributed by atoms with van der Waals surface area (Å²) in [5, 5.41) is 3.04. The number of hydrogen-bond acceptors (Lipinski definition) is 2. The number of hydrogen-bond donors (Lipinski definition) is 1. The summed E-state index contributed by atoms with van der Waals surface area (Å²) in [5.74, 6) is 1.62. The fraction of sp³-hybridized carbons (Fsp3) is 0.889. The average Bonchev–Trinajstić information content (AvgIpc) is 2.10. The number of thioether (sulfide) groups is 1. The summed E-state index contributed by atoms with van der Waals surface area (Å²) in [6.07, 6.45) is 2.66. The number of carbonyl (C=O) groups excluding carboxylic acids is 1. The number of halogens is 1. The minimum absolute atomic E-state index is 0.185. The molecule has 0 aromatic carbocycles. The third-order valence-corrected chi connectivity index (χ3v) is 3.41. The van der Waals surface area contributed by atoms with Crippen LogP contribution in [0.3, 0.4) is 0 Å².